The van der Waals surface area contributed by atoms with Crippen LogP contribution in [0.1, 0.15) is 18.4 Å². The SMILES string of the molecule is CN1N=C(C(=O)N(Cc2ccccc2)c2nc(-c3ccc(F)cc3)cs2)CCC1=O. The van der Waals surface area contributed by atoms with Gasteiger partial charge in [-0.15, -0.1) is 11.3 Å². The number of anilines is 1. The maximum absolute atomic E-state index is 13.3. The van der Waals surface area contributed by atoms with Crippen LogP contribution in [0.3, 0.4) is 0 Å². The molecule has 1 aromatic heterocycles. The van der Waals surface area contributed by atoms with Crippen LogP contribution in [0.15, 0.2) is 65.1 Å². The van der Waals surface area contributed by atoms with Crippen LogP contribution in [0.5, 0.6) is 0 Å². The molecule has 0 radical (unpaired) electrons. The van der Waals surface area contributed by atoms with E-state index in [1.807, 2.05) is 35.7 Å². The lowest BCUT2D eigenvalue weighted by Gasteiger charge is -2.24. The Kier molecular flexibility index (Phi) is 5.67. The standard InChI is InChI=1S/C22H19FN4O2S/c1-26-20(28)12-11-18(25-26)21(29)27(13-15-5-3-2-4-6-15)22-24-19(14-30-22)16-7-9-17(23)10-8-16/h2-10,14H,11-13H2,1H3. The average Bonchev–Trinajstić information content (AvgIpc) is 3.24. The molecule has 0 N–H and O–H groups in total. The zero-order chi connectivity index (χ0) is 21.1. The molecule has 152 valence electrons. The van der Waals surface area contributed by atoms with Crippen LogP contribution in [-0.2, 0) is 16.1 Å². The molecule has 0 aliphatic carbocycles. The predicted molar refractivity (Wildman–Crippen MR) is 115 cm³/mol. The molecule has 8 heteroatoms. The van der Waals surface area contributed by atoms with Gasteiger partial charge in [0.2, 0.25) is 5.91 Å². The molecule has 0 saturated heterocycles. The monoisotopic (exact) mass is 422 g/mol. The highest BCUT2D eigenvalue weighted by Gasteiger charge is 2.28. The van der Waals surface area contributed by atoms with Crippen molar-refractivity contribution >= 4 is 34.0 Å². The number of benzene rings is 2. The summed E-state index contributed by atoms with van der Waals surface area (Å²) in [6.07, 6.45) is 0.544. The highest BCUT2D eigenvalue weighted by Crippen LogP contribution is 2.29. The number of rotatable bonds is 5. The van der Waals surface area contributed by atoms with Crippen molar-refractivity contribution in [2.24, 2.45) is 5.10 Å². The Labute approximate surface area is 177 Å². The predicted octanol–water partition coefficient (Wildman–Crippen LogP) is 4.09. The molecule has 0 unspecified atom stereocenters. The number of thiazole rings is 1. The second-order valence-electron chi connectivity index (χ2n) is 6.86. The smallest absolute Gasteiger partial charge is 0.276 e. The first-order valence-electron chi connectivity index (χ1n) is 9.42. The minimum absolute atomic E-state index is 0.117. The third-order valence-corrected chi connectivity index (χ3v) is 5.61. The molecular weight excluding hydrogens is 403 g/mol. The highest BCUT2D eigenvalue weighted by molar-refractivity contribution is 7.14. The number of aromatic nitrogens is 1. The summed E-state index contributed by atoms with van der Waals surface area (Å²) in [5.41, 5.74) is 2.71. The maximum atomic E-state index is 13.3. The quantitative estimate of drug-likeness (QED) is 0.622. The van der Waals surface area contributed by atoms with Crippen molar-refractivity contribution in [2.75, 3.05) is 11.9 Å². The van der Waals surface area contributed by atoms with E-state index in [-0.39, 0.29) is 24.1 Å². The number of hydrogen-bond donors (Lipinski definition) is 0. The van der Waals surface area contributed by atoms with E-state index in [0.717, 1.165) is 11.1 Å². The normalized spacial score (nSPS) is 13.9. The maximum Gasteiger partial charge on any atom is 0.276 e. The van der Waals surface area contributed by atoms with Crippen molar-refractivity contribution in [3.8, 4) is 11.3 Å². The van der Waals surface area contributed by atoms with Gasteiger partial charge in [0, 0.05) is 30.8 Å². The van der Waals surface area contributed by atoms with Gasteiger partial charge in [-0.1, -0.05) is 30.3 Å². The van der Waals surface area contributed by atoms with Crippen molar-refractivity contribution in [3.63, 3.8) is 0 Å². The number of nitrogens with zero attached hydrogens (tertiary/aromatic N) is 4. The van der Waals surface area contributed by atoms with E-state index in [1.54, 1.807) is 24.1 Å². The van der Waals surface area contributed by atoms with Crippen molar-refractivity contribution in [1.29, 1.82) is 0 Å². The number of carbonyl (C=O) groups excluding carboxylic acids is 2. The molecule has 2 amide bonds. The molecule has 0 spiro atoms. The summed E-state index contributed by atoms with van der Waals surface area (Å²) in [7, 11) is 1.55. The number of carbonyl (C=O) groups is 2. The molecule has 6 nitrogen and oxygen atoms in total. The Balaban J connectivity index is 1.67. The van der Waals surface area contributed by atoms with E-state index in [1.165, 1.54) is 28.5 Å². The molecule has 0 atom stereocenters. The summed E-state index contributed by atoms with van der Waals surface area (Å²) in [6, 6.07) is 15.7. The largest absolute Gasteiger partial charge is 0.278 e. The zero-order valence-electron chi connectivity index (χ0n) is 16.3. The van der Waals surface area contributed by atoms with E-state index >= 15 is 0 Å². The summed E-state index contributed by atoms with van der Waals surface area (Å²) >= 11 is 1.33. The first-order valence-corrected chi connectivity index (χ1v) is 10.3. The lowest BCUT2D eigenvalue weighted by molar-refractivity contribution is -0.130. The molecule has 30 heavy (non-hydrogen) atoms. The van der Waals surface area contributed by atoms with Crippen molar-refractivity contribution in [1.82, 2.24) is 9.99 Å². The Morgan fingerprint density at radius 1 is 1.13 bits per heavy atom. The molecule has 2 aromatic carbocycles. The first-order chi connectivity index (χ1) is 14.5. The van der Waals surface area contributed by atoms with Gasteiger partial charge >= 0.3 is 0 Å². The van der Waals surface area contributed by atoms with Gasteiger partial charge in [-0.25, -0.2) is 14.4 Å². The topological polar surface area (TPSA) is 65.9 Å². The number of hydrazone groups is 1. The Bertz CT molecular complexity index is 1100. The van der Waals surface area contributed by atoms with Crippen LogP contribution in [0.25, 0.3) is 11.3 Å². The van der Waals surface area contributed by atoms with Gasteiger partial charge < -0.3 is 0 Å². The summed E-state index contributed by atoms with van der Waals surface area (Å²) < 4.78 is 13.2. The second-order valence-corrected chi connectivity index (χ2v) is 7.70. The Morgan fingerprint density at radius 2 is 1.87 bits per heavy atom. The van der Waals surface area contributed by atoms with Crippen LogP contribution in [0.4, 0.5) is 9.52 Å². The molecule has 0 saturated carbocycles. The molecule has 1 aliphatic rings. The van der Waals surface area contributed by atoms with E-state index in [9.17, 15) is 14.0 Å². The van der Waals surface area contributed by atoms with Gasteiger partial charge in [-0.05, 0) is 29.8 Å². The van der Waals surface area contributed by atoms with Gasteiger partial charge in [-0.2, -0.15) is 5.10 Å². The van der Waals surface area contributed by atoms with Gasteiger partial charge in [0.05, 0.1) is 12.2 Å². The molecule has 1 aliphatic heterocycles. The molecule has 4 rings (SSSR count). The Morgan fingerprint density at radius 3 is 2.57 bits per heavy atom. The zero-order valence-corrected chi connectivity index (χ0v) is 17.1. The van der Waals surface area contributed by atoms with Crippen LogP contribution < -0.4 is 4.90 Å². The minimum Gasteiger partial charge on any atom is -0.278 e. The van der Waals surface area contributed by atoms with E-state index in [4.69, 9.17) is 0 Å². The molecule has 3 aromatic rings. The second kappa shape index (κ2) is 8.54. The summed E-state index contributed by atoms with van der Waals surface area (Å²) in [4.78, 5) is 31.3. The minimum atomic E-state index is -0.316. The fourth-order valence-corrected chi connectivity index (χ4v) is 3.94. The number of amides is 2. The van der Waals surface area contributed by atoms with Crippen LogP contribution in [0, 0.1) is 5.82 Å². The van der Waals surface area contributed by atoms with Crippen molar-refractivity contribution in [2.45, 2.75) is 19.4 Å². The van der Waals surface area contributed by atoms with Crippen LogP contribution >= 0.6 is 11.3 Å². The number of halogens is 1. The molecular formula is C22H19FN4O2S. The fraction of sp³-hybridized carbons (Fsp3) is 0.182. The first kappa shape index (κ1) is 19.9. The average molecular weight is 422 g/mol. The van der Waals surface area contributed by atoms with Gasteiger partial charge in [0.15, 0.2) is 5.13 Å². The Hall–Kier alpha value is -3.39. The van der Waals surface area contributed by atoms with Gasteiger partial charge in [-0.3, -0.25) is 14.5 Å². The summed E-state index contributed by atoms with van der Waals surface area (Å²) in [5.74, 6) is -0.712. The van der Waals surface area contributed by atoms with Crippen LogP contribution in [0.2, 0.25) is 0 Å². The summed E-state index contributed by atoms with van der Waals surface area (Å²) in [6.45, 7) is 0.326. The lowest BCUT2D eigenvalue weighted by Crippen LogP contribution is -2.40. The van der Waals surface area contributed by atoms with Gasteiger partial charge in [0.1, 0.15) is 11.5 Å². The molecule has 0 fully saturated rings. The highest BCUT2D eigenvalue weighted by atomic mass is 32.1. The van der Waals surface area contributed by atoms with Crippen molar-refractivity contribution in [3.05, 3.63) is 71.4 Å². The third kappa shape index (κ3) is 4.28. The molecule has 2 heterocycles. The van der Waals surface area contributed by atoms with Gasteiger partial charge in [0.25, 0.3) is 5.91 Å². The number of hydrogen-bond acceptors (Lipinski definition) is 5. The summed E-state index contributed by atoms with van der Waals surface area (Å²) in [5, 5.41) is 7.74. The third-order valence-electron chi connectivity index (χ3n) is 4.75. The van der Waals surface area contributed by atoms with E-state index in [2.05, 4.69) is 10.1 Å². The van der Waals surface area contributed by atoms with Crippen LogP contribution in [-0.4, -0.2) is 34.6 Å². The lowest BCUT2D eigenvalue weighted by atomic mass is 10.1. The van der Waals surface area contributed by atoms with E-state index in [0.29, 0.717) is 29.5 Å². The van der Waals surface area contributed by atoms with Crippen molar-refractivity contribution < 1.29 is 14.0 Å². The fourth-order valence-electron chi connectivity index (χ4n) is 3.11. The van der Waals surface area contributed by atoms with E-state index < -0.39 is 0 Å². The molecule has 0 bridgehead atoms.